The molecule has 1 saturated heterocycles. The summed E-state index contributed by atoms with van der Waals surface area (Å²) in [5.74, 6) is -0.461. The van der Waals surface area contributed by atoms with Gasteiger partial charge in [0.15, 0.2) is 0 Å². The first-order valence-corrected chi connectivity index (χ1v) is 20.8. The molecule has 0 aromatic heterocycles. The second kappa shape index (κ2) is 31.8. The minimum Gasteiger partial charge on any atom is -0.726 e. The van der Waals surface area contributed by atoms with E-state index in [9.17, 15) is 22.6 Å². The second-order valence-electron chi connectivity index (χ2n) is 13.8. The van der Waals surface area contributed by atoms with Gasteiger partial charge in [0.05, 0.1) is 6.10 Å². The molecule has 0 aromatic carbocycles. The molecule has 0 unspecified atom stereocenters. The van der Waals surface area contributed by atoms with Gasteiger partial charge in [-0.1, -0.05) is 174 Å². The van der Waals surface area contributed by atoms with Crippen molar-refractivity contribution in [2.45, 2.75) is 212 Å². The van der Waals surface area contributed by atoms with Crippen LogP contribution in [0.3, 0.4) is 0 Å². The Morgan fingerprint density at radius 3 is 1.38 bits per heavy atom. The molecule has 0 saturated carbocycles. The Balaban J connectivity index is 0.0000212. The van der Waals surface area contributed by atoms with E-state index < -0.39 is 22.5 Å². The summed E-state index contributed by atoms with van der Waals surface area (Å²) in [5, 5.41) is 2.93. The van der Waals surface area contributed by atoms with Gasteiger partial charge in [-0.15, -0.1) is 0 Å². The van der Waals surface area contributed by atoms with Gasteiger partial charge in [-0.3, -0.25) is 13.8 Å². The van der Waals surface area contributed by atoms with Crippen LogP contribution in [0.4, 0.5) is 0 Å². The van der Waals surface area contributed by atoms with E-state index in [1.807, 2.05) is 0 Å². The summed E-state index contributed by atoms with van der Waals surface area (Å²) in [6.45, 7) is 4.98. The number of hydrogen-bond donors (Lipinski definition) is 1. The van der Waals surface area contributed by atoms with E-state index in [1.54, 1.807) is 0 Å². The maximum atomic E-state index is 13.1. The Morgan fingerprint density at radius 2 is 1.00 bits per heavy atom. The van der Waals surface area contributed by atoms with E-state index in [2.05, 4.69) is 23.3 Å². The molecule has 1 aliphatic rings. The maximum absolute atomic E-state index is 13.1. The average molecular weight is 695 g/mol. The van der Waals surface area contributed by atoms with E-state index >= 15 is 0 Å². The van der Waals surface area contributed by atoms with Crippen molar-refractivity contribution in [1.29, 1.82) is 0 Å². The number of nitrogens with zero attached hydrogens (tertiary/aromatic N) is 1. The molecule has 0 radical (unpaired) electrons. The molecular formula is C37H71N2NaO6S. The first-order chi connectivity index (χ1) is 22.3. The van der Waals surface area contributed by atoms with Gasteiger partial charge in [0.2, 0.25) is 22.2 Å². The van der Waals surface area contributed by atoms with Crippen LogP contribution >= 0.6 is 0 Å². The Morgan fingerprint density at radius 1 is 0.638 bits per heavy atom. The first kappa shape index (κ1) is 46.8. The van der Waals surface area contributed by atoms with Gasteiger partial charge >= 0.3 is 29.6 Å². The van der Waals surface area contributed by atoms with Crippen molar-refractivity contribution in [2.75, 3.05) is 13.1 Å². The number of rotatable bonds is 32. The second-order valence-corrected chi connectivity index (χ2v) is 14.8. The quantitative estimate of drug-likeness (QED) is 0.0371. The summed E-state index contributed by atoms with van der Waals surface area (Å²) in [4.78, 5) is 27.5. The molecular weight excluding hydrogens is 623 g/mol. The molecule has 2 atom stereocenters. The van der Waals surface area contributed by atoms with Crippen LogP contribution in [0.25, 0.3) is 0 Å². The van der Waals surface area contributed by atoms with Crippen LogP contribution in [-0.2, 0) is 24.2 Å². The zero-order valence-electron chi connectivity index (χ0n) is 30.9. The molecule has 272 valence electrons. The third kappa shape index (κ3) is 27.2. The van der Waals surface area contributed by atoms with Gasteiger partial charge in [-0.2, -0.15) is 0 Å². The number of unbranched alkanes of at least 4 members (excludes halogenated alkanes) is 25. The molecule has 10 heteroatoms. The Kier molecular flexibility index (Phi) is 31.6. The predicted molar refractivity (Wildman–Crippen MR) is 188 cm³/mol. The molecule has 0 bridgehead atoms. The van der Waals surface area contributed by atoms with Gasteiger partial charge in [-0.25, -0.2) is 8.42 Å². The standard InChI is InChI=1S/C37H72N2O6S.Na/c1-3-5-7-9-11-13-15-17-18-19-20-22-24-26-28-30-36(40)39-33-34(45-46(42,43)44)32-35(39)37(41)38-31-29-27-25-23-21-16-14-12-10-8-6-4-2;/h34-35H,3-33H2,1-2H3,(H,38,41)(H,42,43,44);/q;+1/p-1/t34-,35+;/m1./s1. The SMILES string of the molecule is CCCCCCCCCCCCCCCCCC(=O)N1C[C@H](OS(=O)(=O)[O-])C[C@H]1C(=O)NCCCCCCCCCCCCCC.[Na+]. The number of likely N-dealkylation sites (tertiary alicyclic amines) is 1. The van der Waals surface area contributed by atoms with E-state index in [0.29, 0.717) is 13.0 Å². The molecule has 1 heterocycles. The Bertz CT molecular complexity index is 860. The molecule has 2 amide bonds. The van der Waals surface area contributed by atoms with Crippen LogP contribution in [0.2, 0.25) is 0 Å². The molecule has 0 spiro atoms. The summed E-state index contributed by atoms with van der Waals surface area (Å²) >= 11 is 0. The van der Waals surface area contributed by atoms with E-state index in [-0.39, 0.29) is 54.3 Å². The molecule has 0 aromatic rings. The van der Waals surface area contributed by atoms with Crippen molar-refractivity contribution in [3.05, 3.63) is 0 Å². The summed E-state index contributed by atoms with van der Waals surface area (Å²) in [6.07, 6.45) is 32.9. The van der Waals surface area contributed by atoms with Gasteiger partial charge in [0, 0.05) is 25.9 Å². The Hall–Kier alpha value is -0.190. The normalized spacial score (nSPS) is 16.4. The minimum absolute atomic E-state index is 0. The van der Waals surface area contributed by atoms with E-state index in [1.165, 1.54) is 140 Å². The van der Waals surface area contributed by atoms with Gasteiger partial charge in [0.1, 0.15) is 6.04 Å². The predicted octanol–water partition coefficient (Wildman–Crippen LogP) is 6.52. The van der Waals surface area contributed by atoms with Gasteiger partial charge in [0.25, 0.3) is 0 Å². The van der Waals surface area contributed by atoms with Crippen molar-refractivity contribution >= 4 is 22.2 Å². The fourth-order valence-corrected chi connectivity index (χ4v) is 7.12. The van der Waals surface area contributed by atoms with Gasteiger partial charge < -0.3 is 14.8 Å². The van der Waals surface area contributed by atoms with Crippen LogP contribution in [-0.4, -0.2) is 54.9 Å². The number of nitrogens with one attached hydrogen (secondary N) is 1. The maximum Gasteiger partial charge on any atom is 1.00 e. The fraction of sp³-hybridized carbons (Fsp3) is 0.946. The number of carbonyl (C=O) groups is 2. The topological polar surface area (TPSA) is 116 Å². The van der Waals surface area contributed by atoms with E-state index in [0.717, 1.165) is 38.5 Å². The molecule has 1 fully saturated rings. The number of carbonyl (C=O) groups excluding carboxylic acids is 2. The molecule has 0 aliphatic carbocycles. The van der Waals surface area contributed by atoms with Crippen LogP contribution < -0.4 is 34.9 Å². The summed E-state index contributed by atoms with van der Waals surface area (Å²) in [5.41, 5.74) is 0. The van der Waals surface area contributed by atoms with E-state index in [4.69, 9.17) is 0 Å². The average Bonchev–Trinajstić information content (AvgIpc) is 3.43. The zero-order valence-corrected chi connectivity index (χ0v) is 33.7. The third-order valence-corrected chi connectivity index (χ3v) is 9.97. The molecule has 1 rings (SSSR count). The smallest absolute Gasteiger partial charge is 0.726 e. The van der Waals surface area contributed by atoms with Crippen molar-refractivity contribution in [2.24, 2.45) is 0 Å². The Labute approximate surface area is 312 Å². The largest absolute Gasteiger partial charge is 1.00 e. The molecule has 1 aliphatic heterocycles. The summed E-state index contributed by atoms with van der Waals surface area (Å²) in [6, 6.07) is -0.798. The monoisotopic (exact) mass is 694 g/mol. The van der Waals surface area contributed by atoms with Crippen molar-refractivity contribution < 1.29 is 56.3 Å². The van der Waals surface area contributed by atoms with Crippen LogP contribution in [0.1, 0.15) is 200 Å². The van der Waals surface area contributed by atoms with Crippen LogP contribution in [0, 0.1) is 0 Å². The third-order valence-electron chi connectivity index (χ3n) is 9.46. The zero-order chi connectivity index (χ0) is 33.7. The fourth-order valence-electron chi connectivity index (χ4n) is 6.64. The van der Waals surface area contributed by atoms with Crippen molar-refractivity contribution in [3.8, 4) is 0 Å². The first-order valence-electron chi connectivity index (χ1n) is 19.5. The van der Waals surface area contributed by atoms with Gasteiger partial charge in [-0.05, 0) is 12.8 Å². The summed E-state index contributed by atoms with van der Waals surface area (Å²) in [7, 11) is -4.91. The molecule has 8 nitrogen and oxygen atoms in total. The van der Waals surface area contributed by atoms with Crippen LogP contribution in [0.15, 0.2) is 0 Å². The number of hydrogen-bond acceptors (Lipinski definition) is 6. The molecule has 1 N–H and O–H groups in total. The van der Waals surface area contributed by atoms with Crippen molar-refractivity contribution in [1.82, 2.24) is 10.2 Å². The van der Waals surface area contributed by atoms with Crippen molar-refractivity contribution in [3.63, 3.8) is 0 Å². The summed E-state index contributed by atoms with van der Waals surface area (Å²) < 4.78 is 38.2. The molecule has 47 heavy (non-hydrogen) atoms. The number of amides is 2. The minimum atomic E-state index is -4.91. The van der Waals surface area contributed by atoms with Crippen LogP contribution in [0.5, 0.6) is 0 Å².